The Balaban J connectivity index is 1.93. The molecular weight excluding hydrogens is 136 g/mol. The van der Waals surface area contributed by atoms with Crippen molar-refractivity contribution in [2.75, 3.05) is 19.6 Å². The van der Waals surface area contributed by atoms with E-state index in [1.807, 2.05) is 0 Å². The molecule has 2 heterocycles. The van der Waals surface area contributed by atoms with E-state index in [2.05, 4.69) is 10.2 Å². The van der Waals surface area contributed by atoms with Crippen LogP contribution in [-0.4, -0.2) is 30.7 Å². The third kappa shape index (κ3) is 1.74. The Hall–Kier alpha value is -0.0800. The van der Waals surface area contributed by atoms with Crippen molar-refractivity contribution < 1.29 is 0 Å². The van der Waals surface area contributed by atoms with Gasteiger partial charge >= 0.3 is 0 Å². The van der Waals surface area contributed by atoms with Crippen molar-refractivity contribution in [2.45, 2.75) is 38.3 Å². The molecule has 1 N–H and O–H groups in total. The van der Waals surface area contributed by atoms with Gasteiger partial charge in [-0.25, -0.2) is 0 Å². The summed E-state index contributed by atoms with van der Waals surface area (Å²) in [6, 6.07) is 0. The van der Waals surface area contributed by atoms with Crippen LogP contribution >= 0.6 is 0 Å². The number of nitrogens with one attached hydrogen (secondary N) is 1. The summed E-state index contributed by atoms with van der Waals surface area (Å²) in [5, 5.41) is 3.61. The molecule has 2 heteroatoms. The second-order valence-electron chi connectivity index (χ2n) is 3.71. The molecule has 2 aliphatic rings. The lowest BCUT2D eigenvalue weighted by Gasteiger charge is -2.34. The second kappa shape index (κ2) is 3.55. The van der Waals surface area contributed by atoms with Crippen LogP contribution in [0.15, 0.2) is 0 Å². The largest absolute Gasteiger partial charge is 0.302 e. The second-order valence-corrected chi connectivity index (χ2v) is 3.71. The molecule has 0 radical (unpaired) electrons. The molecule has 2 aliphatic heterocycles. The molecule has 1 atom stereocenters. The van der Waals surface area contributed by atoms with Gasteiger partial charge in [0.25, 0.3) is 0 Å². The van der Waals surface area contributed by atoms with E-state index in [0.717, 1.165) is 6.17 Å². The van der Waals surface area contributed by atoms with Crippen molar-refractivity contribution in [3.8, 4) is 0 Å². The van der Waals surface area contributed by atoms with E-state index in [1.165, 1.54) is 51.7 Å². The van der Waals surface area contributed by atoms with Gasteiger partial charge in [-0.1, -0.05) is 0 Å². The van der Waals surface area contributed by atoms with E-state index in [-0.39, 0.29) is 0 Å². The zero-order valence-electron chi connectivity index (χ0n) is 7.18. The van der Waals surface area contributed by atoms with Crippen molar-refractivity contribution in [1.29, 1.82) is 0 Å². The number of fused-ring (bicyclic) bond motifs is 1. The fourth-order valence-electron chi connectivity index (χ4n) is 2.20. The van der Waals surface area contributed by atoms with Crippen molar-refractivity contribution in [3.63, 3.8) is 0 Å². The van der Waals surface area contributed by atoms with Gasteiger partial charge in [-0.3, -0.25) is 4.90 Å². The summed E-state index contributed by atoms with van der Waals surface area (Å²) < 4.78 is 0. The normalized spacial score (nSPS) is 34.4. The average Bonchev–Trinajstić information content (AvgIpc) is 2.28. The van der Waals surface area contributed by atoms with E-state index in [4.69, 9.17) is 0 Å². The third-order valence-corrected chi connectivity index (χ3v) is 2.87. The molecule has 2 nitrogen and oxygen atoms in total. The van der Waals surface area contributed by atoms with Crippen LogP contribution in [0.4, 0.5) is 0 Å². The molecule has 0 aromatic rings. The van der Waals surface area contributed by atoms with Gasteiger partial charge in [0.1, 0.15) is 0 Å². The Kier molecular flexibility index (Phi) is 2.44. The van der Waals surface area contributed by atoms with E-state index < -0.39 is 0 Å². The van der Waals surface area contributed by atoms with Crippen LogP contribution in [0.25, 0.3) is 0 Å². The Labute approximate surface area is 69.0 Å². The highest BCUT2D eigenvalue weighted by Crippen LogP contribution is 2.17. The van der Waals surface area contributed by atoms with Gasteiger partial charge in [-0.2, -0.15) is 0 Å². The van der Waals surface area contributed by atoms with Gasteiger partial charge < -0.3 is 5.32 Å². The standard InChI is InChI=1S/C9H18N2/c1-3-7-11-8-4-2-6-10-9(11)5-1/h9-10H,1-8H2. The third-order valence-electron chi connectivity index (χ3n) is 2.87. The minimum Gasteiger partial charge on any atom is -0.302 e. The molecule has 1 unspecified atom stereocenters. The van der Waals surface area contributed by atoms with Gasteiger partial charge in [0.2, 0.25) is 0 Å². The number of hydrogen-bond donors (Lipinski definition) is 1. The van der Waals surface area contributed by atoms with Gasteiger partial charge in [-0.05, 0) is 51.7 Å². The topological polar surface area (TPSA) is 15.3 Å². The highest BCUT2D eigenvalue weighted by Gasteiger charge is 2.22. The Bertz CT molecular complexity index is 111. The lowest BCUT2D eigenvalue weighted by Crippen LogP contribution is -2.47. The van der Waals surface area contributed by atoms with E-state index in [1.54, 1.807) is 0 Å². The summed E-state index contributed by atoms with van der Waals surface area (Å²) in [5.41, 5.74) is 0. The van der Waals surface area contributed by atoms with Crippen LogP contribution in [0.3, 0.4) is 0 Å². The number of nitrogens with zero attached hydrogens (tertiary/aromatic N) is 1. The predicted octanol–water partition coefficient (Wildman–Crippen LogP) is 1.18. The van der Waals surface area contributed by atoms with Crippen LogP contribution in [-0.2, 0) is 0 Å². The summed E-state index contributed by atoms with van der Waals surface area (Å²) >= 11 is 0. The first kappa shape index (κ1) is 7.56. The Morgan fingerprint density at radius 3 is 2.73 bits per heavy atom. The van der Waals surface area contributed by atoms with Crippen LogP contribution < -0.4 is 5.32 Å². The summed E-state index contributed by atoms with van der Waals surface area (Å²) in [4.78, 5) is 2.62. The molecule has 0 aliphatic carbocycles. The molecule has 11 heavy (non-hydrogen) atoms. The first-order chi connectivity index (χ1) is 5.47. The van der Waals surface area contributed by atoms with Gasteiger partial charge in [0.05, 0.1) is 6.17 Å². The first-order valence-electron chi connectivity index (χ1n) is 4.94. The highest BCUT2D eigenvalue weighted by atomic mass is 15.3. The molecular formula is C9H18N2. The summed E-state index contributed by atoms with van der Waals surface area (Å²) in [6.45, 7) is 3.90. The molecule has 0 bridgehead atoms. The Morgan fingerprint density at radius 1 is 1.00 bits per heavy atom. The van der Waals surface area contributed by atoms with Crippen LogP contribution in [0, 0.1) is 0 Å². The lowest BCUT2D eigenvalue weighted by atomic mass is 10.1. The van der Waals surface area contributed by atoms with Crippen molar-refractivity contribution >= 4 is 0 Å². The van der Waals surface area contributed by atoms with Crippen molar-refractivity contribution in [3.05, 3.63) is 0 Å². The Morgan fingerprint density at radius 2 is 1.82 bits per heavy atom. The number of rotatable bonds is 0. The maximum atomic E-state index is 3.61. The van der Waals surface area contributed by atoms with Crippen LogP contribution in [0.2, 0.25) is 0 Å². The zero-order chi connectivity index (χ0) is 7.52. The van der Waals surface area contributed by atoms with E-state index in [0.29, 0.717) is 0 Å². The highest BCUT2D eigenvalue weighted by molar-refractivity contribution is 4.77. The SMILES string of the molecule is C1CCN2CCCCC2NC1. The predicted molar refractivity (Wildman–Crippen MR) is 46.4 cm³/mol. The van der Waals surface area contributed by atoms with Gasteiger partial charge in [0.15, 0.2) is 0 Å². The minimum atomic E-state index is 0.728. The van der Waals surface area contributed by atoms with Crippen LogP contribution in [0.1, 0.15) is 32.1 Å². The number of hydrogen-bond acceptors (Lipinski definition) is 2. The minimum absolute atomic E-state index is 0.728. The van der Waals surface area contributed by atoms with Crippen molar-refractivity contribution in [2.24, 2.45) is 0 Å². The molecule has 0 aromatic heterocycles. The fourth-order valence-corrected chi connectivity index (χ4v) is 2.20. The zero-order valence-corrected chi connectivity index (χ0v) is 7.18. The fraction of sp³-hybridized carbons (Fsp3) is 1.00. The molecule has 2 saturated heterocycles. The average molecular weight is 154 g/mol. The lowest BCUT2D eigenvalue weighted by molar-refractivity contribution is 0.135. The molecule has 0 saturated carbocycles. The van der Waals surface area contributed by atoms with E-state index >= 15 is 0 Å². The summed E-state index contributed by atoms with van der Waals surface area (Å²) in [5.74, 6) is 0. The maximum absolute atomic E-state index is 3.61. The molecule has 2 rings (SSSR count). The van der Waals surface area contributed by atoms with Gasteiger partial charge in [-0.15, -0.1) is 0 Å². The maximum Gasteiger partial charge on any atom is 0.0597 e. The smallest absolute Gasteiger partial charge is 0.0597 e. The monoisotopic (exact) mass is 154 g/mol. The first-order valence-corrected chi connectivity index (χ1v) is 4.94. The summed E-state index contributed by atoms with van der Waals surface area (Å²) in [7, 11) is 0. The molecule has 0 spiro atoms. The molecule has 0 amide bonds. The molecule has 0 aromatic carbocycles. The summed E-state index contributed by atoms with van der Waals surface area (Å²) in [6.07, 6.45) is 7.70. The van der Waals surface area contributed by atoms with Crippen molar-refractivity contribution in [1.82, 2.24) is 10.2 Å². The molecule has 64 valence electrons. The van der Waals surface area contributed by atoms with E-state index in [9.17, 15) is 0 Å². The quantitative estimate of drug-likeness (QED) is 0.563. The molecule has 2 fully saturated rings. The number of piperidine rings is 1. The van der Waals surface area contributed by atoms with Crippen LogP contribution in [0.5, 0.6) is 0 Å². The van der Waals surface area contributed by atoms with Gasteiger partial charge in [0, 0.05) is 0 Å².